The van der Waals surface area contributed by atoms with E-state index in [2.05, 4.69) is 15.5 Å². The third-order valence-corrected chi connectivity index (χ3v) is 6.11. The van der Waals surface area contributed by atoms with Gasteiger partial charge in [0.2, 0.25) is 5.91 Å². The molecule has 1 amide bonds. The molecule has 0 saturated carbocycles. The van der Waals surface area contributed by atoms with Crippen molar-refractivity contribution in [1.82, 2.24) is 14.8 Å². The van der Waals surface area contributed by atoms with Crippen LogP contribution in [0.3, 0.4) is 0 Å². The van der Waals surface area contributed by atoms with Gasteiger partial charge in [0.25, 0.3) is 0 Å². The molecule has 0 bridgehead atoms. The number of methoxy groups -OCH3 is 1. The largest absolute Gasteiger partial charge is 0.497 e. The van der Waals surface area contributed by atoms with E-state index in [0.717, 1.165) is 17.0 Å². The fourth-order valence-electron chi connectivity index (χ4n) is 3.02. The van der Waals surface area contributed by atoms with E-state index in [-0.39, 0.29) is 11.7 Å². The standard InChI is InChI=1S/C23H18Cl2N4O2S/c1-31-17-12-10-16(11-13-17)29-22(15-6-3-2-4-7-15)27-28-23(29)32-14-20(30)26-21-18(24)8-5-9-19(21)25/h2-13H,14H2,1H3,(H,26,30). The normalized spacial score (nSPS) is 10.7. The number of rotatable bonds is 7. The summed E-state index contributed by atoms with van der Waals surface area (Å²) in [5.74, 6) is 1.27. The molecule has 3 aromatic carbocycles. The number of thioether (sulfide) groups is 1. The number of amides is 1. The molecule has 0 unspecified atom stereocenters. The van der Waals surface area contributed by atoms with Crippen LogP contribution in [0.25, 0.3) is 17.1 Å². The Morgan fingerprint density at radius 3 is 2.31 bits per heavy atom. The number of ether oxygens (including phenoxy) is 1. The van der Waals surface area contributed by atoms with Crippen molar-refractivity contribution in [2.75, 3.05) is 18.2 Å². The molecule has 162 valence electrons. The average molecular weight is 485 g/mol. The van der Waals surface area contributed by atoms with E-state index >= 15 is 0 Å². The quantitative estimate of drug-likeness (QED) is 0.326. The molecule has 0 aliphatic heterocycles. The van der Waals surface area contributed by atoms with Crippen LogP contribution in [0.15, 0.2) is 78.0 Å². The average Bonchev–Trinajstić information content (AvgIpc) is 3.25. The lowest BCUT2D eigenvalue weighted by Crippen LogP contribution is -2.15. The number of hydrogen-bond acceptors (Lipinski definition) is 5. The number of para-hydroxylation sites is 1. The topological polar surface area (TPSA) is 69.0 Å². The molecule has 0 fully saturated rings. The van der Waals surface area contributed by atoms with E-state index in [4.69, 9.17) is 27.9 Å². The second-order valence-corrected chi connectivity index (χ2v) is 8.40. The maximum atomic E-state index is 12.6. The van der Waals surface area contributed by atoms with Crippen LogP contribution in [-0.4, -0.2) is 33.5 Å². The summed E-state index contributed by atoms with van der Waals surface area (Å²) in [6.45, 7) is 0. The van der Waals surface area contributed by atoms with Gasteiger partial charge in [-0.25, -0.2) is 0 Å². The Morgan fingerprint density at radius 2 is 1.66 bits per heavy atom. The Morgan fingerprint density at radius 1 is 0.969 bits per heavy atom. The van der Waals surface area contributed by atoms with Crippen molar-refractivity contribution in [3.05, 3.63) is 82.8 Å². The van der Waals surface area contributed by atoms with Crippen LogP contribution in [0.4, 0.5) is 5.69 Å². The zero-order valence-electron chi connectivity index (χ0n) is 17.0. The van der Waals surface area contributed by atoms with Gasteiger partial charge in [0.1, 0.15) is 5.75 Å². The molecule has 0 aliphatic carbocycles. The van der Waals surface area contributed by atoms with Crippen molar-refractivity contribution < 1.29 is 9.53 Å². The molecule has 0 saturated heterocycles. The Bertz CT molecular complexity index is 1210. The lowest BCUT2D eigenvalue weighted by atomic mass is 10.2. The smallest absolute Gasteiger partial charge is 0.234 e. The fourth-order valence-corrected chi connectivity index (χ4v) is 4.27. The van der Waals surface area contributed by atoms with Crippen LogP contribution in [0.2, 0.25) is 10.0 Å². The molecule has 4 aromatic rings. The minimum atomic E-state index is -0.254. The van der Waals surface area contributed by atoms with Crippen LogP contribution >= 0.6 is 35.0 Å². The monoisotopic (exact) mass is 484 g/mol. The van der Waals surface area contributed by atoms with Crippen LogP contribution in [0.1, 0.15) is 0 Å². The van der Waals surface area contributed by atoms with E-state index in [1.165, 1.54) is 11.8 Å². The first-order chi connectivity index (χ1) is 15.6. The highest BCUT2D eigenvalue weighted by Gasteiger charge is 2.18. The maximum absolute atomic E-state index is 12.6. The van der Waals surface area contributed by atoms with Gasteiger partial charge in [-0.3, -0.25) is 9.36 Å². The van der Waals surface area contributed by atoms with Gasteiger partial charge in [-0.15, -0.1) is 10.2 Å². The molecular weight excluding hydrogens is 467 g/mol. The summed E-state index contributed by atoms with van der Waals surface area (Å²) < 4.78 is 7.18. The van der Waals surface area contributed by atoms with E-state index in [1.807, 2.05) is 59.2 Å². The summed E-state index contributed by atoms with van der Waals surface area (Å²) in [4.78, 5) is 12.6. The summed E-state index contributed by atoms with van der Waals surface area (Å²) in [6, 6.07) is 22.4. The summed E-state index contributed by atoms with van der Waals surface area (Å²) >= 11 is 13.6. The molecule has 0 radical (unpaired) electrons. The van der Waals surface area contributed by atoms with Crippen molar-refractivity contribution in [3.8, 4) is 22.8 Å². The summed E-state index contributed by atoms with van der Waals surface area (Å²) in [6.07, 6.45) is 0. The highest BCUT2D eigenvalue weighted by Crippen LogP contribution is 2.31. The third kappa shape index (κ3) is 4.91. The molecule has 1 heterocycles. The molecule has 4 rings (SSSR count). The minimum absolute atomic E-state index is 0.102. The molecule has 1 aromatic heterocycles. The summed E-state index contributed by atoms with van der Waals surface area (Å²) in [7, 11) is 1.62. The predicted molar refractivity (Wildman–Crippen MR) is 129 cm³/mol. The highest BCUT2D eigenvalue weighted by molar-refractivity contribution is 7.99. The molecule has 32 heavy (non-hydrogen) atoms. The molecule has 1 N–H and O–H groups in total. The van der Waals surface area contributed by atoms with Crippen molar-refractivity contribution in [2.24, 2.45) is 0 Å². The fraction of sp³-hybridized carbons (Fsp3) is 0.0870. The van der Waals surface area contributed by atoms with Gasteiger partial charge in [-0.2, -0.15) is 0 Å². The zero-order valence-corrected chi connectivity index (χ0v) is 19.3. The number of carbonyl (C=O) groups excluding carboxylic acids is 1. The van der Waals surface area contributed by atoms with Crippen molar-refractivity contribution >= 4 is 46.6 Å². The number of nitrogens with zero attached hydrogens (tertiary/aromatic N) is 3. The predicted octanol–water partition coefficient (Wildman–Crippen LogP) is 5.98. The SMILES string of the molecule is COc1ccc(-n2c(SCC(=O)Nc3c(Cl)cccc3Cl)nnc2-c2ccccc2)cc1. The third-order valence-electron chi connectivity index (χ3n) is 4.56. The summed E-state index contributed by atoms with van der Waals surface area (Å²) in [5.41, 5.74) is 2.16. The summed E-state index contributed by atoms with van der Waals surface area (Å²) in [5, 5.41) is 12.8. The van der Waals surface area contributed by atoms with E-state index in [0.29, 0.717) is 26.7 Å². The number of carbonyl (C=O) groups is 1. The van der Waals surface area contributed by atoms with Crippen molar-refractivity contribution in [2.45, 2.75) is 5.16 Å². The number of aromatic nitrogens is 3. The van der Waals surface area contributed by atoms with Crippen LogP contribution < -0.4 is 10.1 Å². The lowest BCUT2D eigenvalue weighted by molar-refractivity contribution is -0.113. The Balaban J connectivity index is 1.61. The first-order valence-electron chi connectivity index (χ1n) is 9.58. The van der Waals surface area contributed by atoms with Crippen LogP contribution in [-0.2, 0) is 4.79 Å². The van der Waals surface area contributed by atoms with Crippen molar-refractivity contribution in [3.63, 3.8) is 0 Å². The number of halogens is 2. The van der Waals surface area contributed by atoms with E-state index in [1.54, 1.807) is 25.3 Å². The lowest BCUT2D eigenvalue weighted by Gasteiger charge is -2.12. The Hall–Kier alpha value is -3.00. The van der Waals surface area contributed by atoms with Crippen LogP contribution in [0, 0.1) is 0 Å². The van der Waals surface area contributed by atoms with Gasteiger partial charge in [0.15, 0.2) is 11.0 Å². The minimum Gasteiger partial charge on any atom is -0.497 e. The first-order valence-corrected chi connectivity index (χ1v) is 11.3. The van der Waals surface area contributed by atoms with Crippen LogP contribution in [0.5, 0.6) is 5.75 Å². The van der Waals surface area contributed by atoms with Gasteiger partial charge in [0.05, 0.1) is 28.6 Å². The Labute approximate surface area is 199 Å². The van der Waals surface area contributed by atoms with Gasteiger partial charge in [0, 0.05) is 11.3 Å². The van der Waals surface area contributed by atoms with E-state index in [9.17, 15) is 4.79 Å². The zero-order chi connectivity index (χ0) is 22.5. The number of nitrogens with one attached hydrogen (secondary N) is 1. The molecule has 0 spiro atoms. The van der Waals surface area contributed by atoms with Crippen molar-refractivity contribution in [1.29, 1.82) is 0 Å². The number of hydrogen-bond donors (Lipinski definition) is 1. The molecular formula is C23H18Cl2N4O2S. The highest BCUT2D eigenvalue weighted by atomic mass is 35.5. The first kappa shape index (κ1) is 22.2. The second kappa shape index (κ2) is 10.1. The molecule has 0 atom stereocenters. The van der Waals surface area contributed by atoms with Gasteiger partial charge < -0.3 is 10.1 Å². The van der Waals surface area contributed by atoms with Gasteiger partial charge in [-0.05, 0) is 36.4 Å². The number of anilines is 1. The van der Waals surface area contributed by atoms with E-state index < -0.39 is 0 Å². The number of benzene rings is 3. The second-order valence-electron chi connectivity index (χ2n) is 6.64. The Kier molecular flexibility index (Phi) is 6.99. The molecule has 9 heteroatoms. The maximum Gasteiger partial charge on any atom is 0.234 e. The molecule has 0 aliphatic rings. The molecule has 6 nitrogen and oxygen atoms in total. The van der Waals surface area contributed by atoms with Gasteiger partial charge in [-0.1, -0.05) is 71.4 Å². The van der Waals surface area contributed by atoms with Gasteiger partial charge >= 0.3 is 0 Å².